The van der Waals surface area contributed by atoms with Crippen LogP contribution >= 0.6 is 0 Å². The monoisotopic (exact) mass is 330 g/mol. The minimum atomic E-state index is -0.488. The summed E-state index contributed by atoms with van der Waals surface area (Å²) in [5.74, 6) is 1.31. The smallest absolute Gasteiger partial charge is 0.265 e. The van der Waals surface area contributed by atoms with Crippen molar-refractivity contribution in [1.82, 2.24) is 0 Å². The van der Waals surface area contributed by atoms with Gasteiger partial charge < -0.3 is 15.4 Å². The Balaban J connectivity index is 1.48. The maximum absolute atomic E-state index is 12.1. The van der Waals surface area contributed by atoms with Crippen molar-refractivity contribution in [2.24, 2.45) is 5.92 Å². The molecular formula is C19H26N2O3. The molecule has 2 aliphatic rings. The van der Waals surface area contributed by atoms with Crippen LogP contribution in [-0.2, 0) is 9.59 Å². The summed E-state index contributed by atoms with van der Waals surface area (Å²) in [6, 6.07) is 5.34. The Morgan fingerprint density at radius 2 is 2.08 bits per heavy atom. The Morgan fingerprint density at radius 3 is 2.88 bits per heavy atom. The molecule has 2 amide bonds. The Kier molecular flexibility index (Phi) is 5.38. The third-order valence-corrected chi connectivity index (χ3v) is 4.94. The molecule has 24 heavy (non-hydrogen) atoms. The molecule has 1 aromatic rings. The highest BCUT2D eigenvalue weighted by atomic mass is 16.5. The number of rotatable bonds is 5. The Labute approximate surface area is 143 Å². The molecule has 1 atom stereocenters. The molecule has 0 unspecified atom stereocenters. The highest BCUT2D eigenvalue weighted by Gasteiger charge is 2.23. The molecule has 0 saturated heterocycles. The summed E-state index contributed by atoms with van der Waals surface area (Å²) in [6.45, 7) is 1.71. The number of fused-ring (bicyclic) bond motifs is 1. The molecule has 2 N–H and O–H groups in total. The van der Waals surface area contributed by atoms with Gasteiger partial charge in [-0.25, -0.2) is 0 Å². The Morgan fingerprint density at radius 1 is 1.29 bits per heavy atom. The van der Waals surface area contributed by atoms with Crippen LogP contribution in [0.3, 0.4) is 0 Å². The van der Waals surface area contributed by atoms with Gasteiger partial charge in [0.2, 0.25) is 5.91 Å². The second-order valence-electron chi connectivity index (χ2n) is 6.90. The third-order valence-electron chi connectivity index (χ3n) is 4.94. The highest BCUT2D eigenvalue weighted by Crippen LogP contribution is 2.32. The summed E-state index contributed by atoms with van der Waals surface area (Å²) in [7, 11) is 0. The lowest BCUT2D eigenvalue weighted by Crippen LogP contribution is -2.34. The minimum absolute atomic E-state index is 0.0298. The van der Waals surface area contributed by atoms with Crippen LogP contribution in [-0.4, -0.2) is 17.9 Å². The van der Waals surface area contributed by atoms with E-state index in [1.165, 1.54) is 32.1 Å². The van der Waals surface area contributed by atoms with E-state index in [9.17, 15) is 9.59 Å². The van der Waals surface area contributed by atoms with E-state index in [1.54, 1.807) is 19.1 Å². The quantitative estimate of drug-likeness (QED) is 0.854. The van der Waals surface area contributed by atoms with Crippen molar-refractivity contribution in [3.8, 4) is 5.75 Å². The van der Waals surface area contributed by atoms with Crippen LogP contribution in [0.15, 0.2) is 18.2 Å². The molecule has 1 fully saturated rings. The average Bonchev–Trinajstić information content (AvgIpc) is 2.57. The van der Waals surface area contributed by atoms with E-state index in [4.69, 9.17) is 4.74 Å². The summed E-state index contributed by atoms with van der Waals surface area (Å²) in [5.41, 5.74) is 1.30. The molecule has 1 heterocycles. The first-order valence-electron chi connectivity index (χ1n) is 9.03. The second-order valence-corrected chi connectivity index (χ2v) is 6.90. The van der Waals surface area contributed by atoms with E-state index in [2.05, 4.69) is 10.6 Å². The van der Waals surface area contributed by atoms with Crippen LogP contribution in [0.2, 0.25) is 0 Å². The summed E-state index contributed by atoms with van der Waals surface area (Å²) >= 11 is 0. The number of anilines is 2. The standard InChI is InChI=1S/C19H26N2O3/c1-13-19(23)21-16-12-15(10-11-17(16)24-13)20-18(22)9-5-8-14-6-3-2-4-7-14/h10-14H,2-9H2,1H3,(H,20,22)(H,21,23)/t13-/m0/s1. The van der Waals surface area contributed by atoms with Crippen LogP contribution in [0.25, 0.3) is 0 Å². The van der Waals surface area contributed by atoms with Crippen molar-refractivity contribution in [2.75, 3.05) is 10.6 Å². The van der Waals surface area contributed by atoms with Crippen molar-refractivity contribution in [3.63, 3.8) is 0 Å². The number of carbonyl (C=O) groups excluding carboxylic acids is 2. The number of hydrogen-bond donors (Lipinski definition) is 2. The van der Waals surface area contributed by atoms with Gasteiger partial charge in [-0.05, 0) is 43.9 Å². The lowest BCUT2D eigenvalue weighted by atomic mass is 9.86. The van der Waals surface area contributed by atoms with Gasteiger partial charge in [0.25, 0.3) is 5.91 Å². The van der Waals surface area contributed by atoms with Crippen molar-refractivity contribution in [1.29, 1.82) is 0 Å². The molecule has 1 aliphatic carbocycles. The maximum atomic E-state index is 12.1. The summed E-state index contributed by atoms with van der Waals surface area (Å²) in [4.78, 5) is 23.8. The van der Waals surface area contributed by atoms with Gasteiger partial charge in [0.1, 0.15) is 5.75 Å². The molecule has 1 saturated carbocycles. The first-order valence-corrected chi connectivity index (χ1v) is 9.03. The number of amides is 2. The molecule has 3 rings (SSSR count). The third kappa shape index (κ3) is 4.28. The molecule has 130 valence electrons. The number of carbonyl (C=O) groups is 2. The van der Waals surface area contributed by atoms with Gasteiger partial charge in [0, 0.05) is 12.1 Å². The molecule has 0 spiro atoms. The van der Waals surface area contributed by atoms with Crippen LogP contribution in [0, 0.1) is 5.92 Å². The number of hydrogen-bond acceptors (Lipinski definition) is 3. The molecule has 1 aromatic carbocycles. The van der Waals surface area contributed by atoms with Gasteiger partial charge in [-0.2, -0.15) is 0 Å². The van der Waals surface area contributed by atoms with Crippen LogP contribution in [0.1, 0.15) is 58.3 Å². The fourth-order valence-corrected chi connectivity index (χ4v) is 3.54. The molecule has 0 aromatic heterocycles. The van der Waals surface area contributed by atoms with E-state index in [-0.39, 0.29) is 11.8 Å². The van der Waals surface area contributed by atoms with Gasteiger partial charge in [-0.3, -0.25) is 9.59 Å². The summed E-state index contributed by atoms with van der Waals surface area (Å²) in [5, 5.41) is 5.70. The lowest BCUT2D eigenvalue weighted by molar-refractivity contribution is -0.122. The van der Waals surface area contributed by atoms with Crippen LogP contribution in [0.5, 0.6) is 5.75 Å². The number of ether oxygens (including phenoxy) is 1. The summed E-state index contributed by atoms with van der Waals surface area (Å²) in [6.07, 6.45) is 8.86. The predicted octanol–water partition coefficient (Wildman–Crippen LogP) is 4.10. The topological polar surface area (TPSA) is 67.4 Å². The van der Waals surface area contributed by atoms with Crippen molar-refractivity contribution in [3.05, 3.63) is 18.2 Å². The lowest BCUT2D eigenvalue weighted by Gasteiger charge is -2.23. The van der Waals surface area contributed by atoms with Gasteiger partial charge in [0.05, 0.1) is 5.69 Å². The zero-order valence-electron chi connectivity index (χ0n) is 14.3. The SMILES string of the molecule is C[C@@H]1Oc2ccc(NC(=O)CCCC3CCCCC3)cc2NC1=O. The van der Waals surface area contributed by atoms with Crippen molar-refractivity contribution in [2.45, 2.75) is 64.4 Å². The van der Waals surface area contributed by atoms with E-state index in [0.717, 1.165) is 18.8 Å². The molecule has 1 aliphatic heterocycles. The van der Waals surface area contributed by atoms with Crippen LogP contribution in [0.4, 0.5) is 11.4 Å². The molecule has 5 nitrogen and oxygen atoms in total. The summed E-state index contributed by atoms with van der Waals surface area (Å²) < 4.78 is 5.51. The fraction of sp³-hybridized carbons (Fsp3) is 0.579. The van der Waals surface area contributed by atoms with Crippen LogP contribution < -0.4 is 15.4 Å². The second kappa shape index (κ2) is 7.69. The van der Waals surface area contributed by atoms with Gasteiger partial charge in [-0.1, -0.05) is 32.1 Å². The average molecular weight is 330 g/mol. The van der Waals surface area contributed by atoms with Gasteiger partial charge in [-0.15, -0.1) is 0 Å². The zero-order valence-corrected chi connectivity index (χ0v) is 14.3. The van der Waals surface area contributed by atoms with E-state index in [0.29, 0.717) is 23.5 Å². The Hall–Kier alpha value is -2.04. The Bertz CT molecular complexity index is 609. The largest absolute Gasteiger partial charge is 0.479 e. The number of benzene rings is 1. The number of nitrogens with one attached hydrogen (secondary N) is 2. The predicted molar refractivity (Wildman–Crippen MR) is 94.2 cm³/mol. The maximum Gasteiger partial charge on any atom is 0.265 e. The first kappa shape index (κ1) is 16.8. The normalized spacial score (nSPS) is 20.7. The van der Waals surface area contributed by atoms with E-state index in [1.807, 2.05) is 6.07 Å². The fourth-order valence-electron chi connectivity index (χ4n) is 3.54. The molecule has 0 radical (unpaired) electrons. The van der Waals surface area contributed by atoms with E-state index >= 15 is 0 Å². The molecule has 0 bridgehead atoms. The van der Waals surface area contributed by atoms with Crippen molar-refractivity contribution >= 4 is 23.2 Å². The van der Waals surface area contributed by atoms with Gasteiger partial charge in [0.15, 0.2) is 6.10 Å². The highest BCUT2D eigenvalue weighted by molar-refractivity contribution is 5.99. The molecule has 5 heteroatoms. The van der Waals surface area contributed by atoms with Gasteiger partial charge >= 0.3 is 0 Å². The zero-order chi connectivity index (χ0) is 16.9. The molecular weight excluding hydrogens is 304 g/mol. The minimum Gasteiger partial charge on any atom is -0.479 e. The first-order chi connectivity index (χ1) is 11.6. The van der Waals surface area contributed by atoms with Crippen molar-refractivity contribution < 1.29 is 14.3 Å². The van der Waals surface area contributed by atoms with E-state index < -0.39 is 6.10 Å².